The molecule has 188 valence electrons. The zero-order valence-corrected chi connectivity index (χ0v) is 20.2. The van der Waals surface area contributed by atoms with Crippen LogP contribution in [0.5, 0.6) is 5.75 Å². The first-order valence-electron chi connectivity index (χ1n) is 12.6. The maximum atomic E-state index is 14.2. The van der Waals surface area contributed by atoms with Gasteiger partial charge in [0.25, 0.3) is 0 Å². The number of ether oxygens (including phenoxy) is 1. The average molecular weight is 501 g/mol. The van der Waals surface area contributed by atoms with E-state index in [4.69, 9.17) is 9.26 Å². The lowest BCUT2D eigenvalue weighted by Crippen LogP contribution is -2.15. The fourth-order valence-corrected chi connectivity index (χ4v) is 4.84. The molecule has 0 saturated heterocycles. The maximum Gasteiger partial charge on any atom is 0.169 e. The molecule has 0 radical (unpaired) electrons. The molecule has 1 aromatic heterocycles. The lowest BCUT2D eigenvalue weighted by Gasteiger charge is -2.21. The molecule has 3 aliphatic rings. The van der Waals surface area contributed by atoms with Crippen molar-refractivity contribution in [2.75, 3.05) is 6.61 Å². The first-order chi connectivity index (χ1) is 18.1. The van der Waals surface area contributed by atoms with Gasteiger partial charge >= 0.3 is 0 Å². The van der Waals surface area contributed by atoms with Crippen molar-refractivity contribution in [3.05, 3.63) is 84.4 Å². The Bertz CT molecular complexity index is 1470. The molecular formula is C29H26F2N4O2. The zero-order chi connectivity index (χ0) is 25.2. The fraction of sp³-hybridized carbons (Fsp3) is 0.276. The van der Waals surface area contributed by atoms with Crippen LogP contribution in [0.3, 0.4) is 0 Å². The summed E-state index contributed by atoms with van der Waals surface area (Å²) < 4.78 is 41.2. The number of hydrogen-bond donors (Lipinski definition) is 0. The molecule has 0 unspecified atom stereocenters. The van der Waals surface area contributed by atoms with Gasteiger partial charge in [0.1, 0.15) is 17.1 Å². The highest BCUT2D eigenvalue weighted by atomic mass is 19.2. The van der Waals surface area contributed by atoms with E-state index in [-0.39, 0.29) is 11.4 Å². The maximum absolute atomic E-state index is 14.2. The molecule has 0 spiro atoms. The van der Waals surface area contributed by atoms with Crippen LogP contribution >= 0.6 is 0 Å². The lowest BCUT2D eigenvalue weighted by molar-refractivity contribution is 0.209. The molecule has 37 heavy (non-hydrogen) atoms. The van der Waals surface area contributed by atoms with Crippen LogP contribution in [0, 0.1) is 17.6 Å². The number of benzene rings is 2. The Morgan fingerprint density at radius 3 is 2.57 bits per heavy atom. The molecule has 8 heteroatoms. The van der Waals surface area contributed by atoms with Crippen molar-refractivity contribution in [2.24, 2.45) is 5.92 Å². The van der Waals surface area contributed by atoms with Crippen molar-refractivity contribution in [3.8, 4) is 39.8 Å². The third kappa shape index (κ3) is 5.09. The summed E-state index contributed by atoms with van der Waals surface area (Å²) in [6.45, 7) is 1.21. The van der Waals surface area contributed by atoms with E-state index in [1.165, 1.54) is 44.2 Å². The molecule has 0 bridgehead atoms. The smallest absolute Gasteiger partial charge is 0.169 e. The summed E-state index contributed by atoms with van der Waals surface area (Å²) in [4.78, 5) is 8.74. The highest BCUT2D eigenvalue weighted by Crippen LogP contribution is 2.29. The summed E-state index contributed by atoms with van der Waals surface area (Å²) in [5.41, 5.74) is 2.90. The van der Waals surface area contributed by atoms with Gasteiger partial charge in [-0.05, 0) is 61.2 Å². The molecule has 0 atom stereocenters. The van der Waals surface area contributed by atoms with Crippen LogP contribution < -0.4 is 4.74 Å². The zero-order valence-electron chi connectivity index (χ0n) is 20.2. The molecule has 3 aromatic rings. The topological polar surface area (TPSA) is 66.0 Å². The van der Waals surface area contributed by atoms with Gasteiger partial charge in [-0.3, -0.25) is 0 Å². The molecule has 6 nitrogen and oxygen atoms in total. The molecule has 1 saturated carbocycles. The van der Waals surface area contributed by atoms with Gasteiger partial charge in [0.05, 0.1) is 24.4 Å². The summed E-state index contributed by atoms with van der Waals surface area (Å²) in [6, 6.07) is 15.6. The Hall–Kier alpha value is -4.07. The molecule has 2 aliphatic heterocycles. The molecule has 1 fully saturated rings. The molecule has 0 N–H and O–H groups in total. The Kier molecular flexibility index (Phi) is 6.39. The van der Waals surface area contributed by atoms with Crippen molar-refractivity contribution in [3.63, 3.8) is 0 Å². The fourth-order valence-electron chi connectivity index (χ4n) is 4.84. The molecule has 3 heterocycles. The largest absolute Gasteiger partial charge is 0.493 e. The van der Waals surface area contributed by atoms with E-state index in [1.54, 1.807) is 12.3 Å². The predicted molar refractivity (Wildman–Crippen MR) is 135 cm³/mol. The van der Waals surface area contributed by atoms with Crippen molar-refractivity contribution in [2.45, 2.75) is 38.6 Å². The van der Waals surface area contributed by atoms with Crippen LogP contribution in [-0.4, -0.2) is 26.3 Å². The van der Waals surface area contributed by atoms with E-state index >= 15 is 0 Å². The second kappa shape index (κ2) is 10.1. The van der Waals surface area contributed by atoms with E-state index < -0.39 is 11.6 Å². The van der Waals surface area contributed by atoms with Gasteiger partial charge < -0.3 is 13.8 Å². The predicted octanol–water partition coefficient (Wildman–Crippen LogP) is 6.99. The Balaban J connectivity index is 1.13. The van der Waals surface area contributed by atoms with Gasteiger partial charge in [0.15, 0.2) is 23.2 Å². The number of imidazole rings is 1. The highest BCUT2D eigenvalue weighted by molar-refractivity contribution is 5.66. The second-order valence-corrected chi connectivity index (χ2v) is 9.55. The van der Waals surface area contributed by atoms with E-state index in [1.807, 2.05) is 41.1 Å². The summed E-state index contributed by atoms with van der Waals surface area (Å²) >= 11 is 0. The number of pyridine rings is 1. The minimum absolute atomic E-state index is 0.0352. The molecule has 6 rings (SSSR count). The third-order valence-electron chi connectivity index (χ3n) is 6.88. The molecule has 2 aromatic carbocycles. The van der Waals surface area contributed by atoms with Crippen LogP contribution in [0.15, 0.2) is 71.5 Å². The van der Waals surface area contributed by atoms with Crippen LogP contribution in [0.4, 0.5) is 8.78 Å². The number of rotatable bonds is 7. The number of nitrogens with zero attached hydrogens (tertiary/aromatic N) is 4. The standard InChI is InChI=1S/C29H26F2N4O2/c30-24-8-4-7-23(28(24)31)29-32-25-13-14-35(17-27(25)33-29)16-22-15-26(34-37-22)20-9-11-21(12-10-20)36-18-19-5-2-1-3-6-19/h4,7-15,17,19H,1-3,5-6,16,18H2. The molecule has 0 amide bonds. The monoisotopic (exact) mass is 500 g/mol. The number of aromatic nitrogens is 4. The minimum Gasteiger partial charge on any atom is -0.493 e. The minimum atomic E-state index is -0.955. The molecular weight excluding hydrogens is 474 g/mol. The van der Waals surface area contributed by atoms with Crippen LogP contribution in [-0.2, 0) is 6.54 Å². The van der Waals surface area contributed by atoms with E-state index in [2.05, 4.69) is 15.1 Å². The molecule has 1 aliphatic carbocycles. The Morgan fingerprint density at radius 2 is 1.73 bits per heavy atom. The van der Waals surface area contributed by atoms with Crippen LogP contribution in [0.2, 0.25) is 0 Å². The SMILES string of the molecule is Fc1cccc(-c2nc3ccn(Cc4cc(-c5ccc(OCC6CCCCC6)cc5)no4)cc-3n2)c1F. The van der Waals surface area contributed by atoms with E-state index in [9.17, 15) is 8.78 Å². The summed E-state index contributed by atoms with van der Waals surface area (Å²) in [6.07, 6.45) is 10.1. The Morgan fingerprint density at radius 1 is 0.919 bits per heavy atom. The first-order valence-corrected chi connectivity index (χ1v) is 12.6. The van der Waals surface area contributed by atoms with E-state index in [0.29, 0.717) is 29.6 Å². The van der Waals surface area contributed by atoms with Gasteiger partial charge in [-0.2, -0.15) is 0 Å². The summed E-state index contributed by atoms with van der Waals surface area (Å²) in [5.74, 6) is 0.477. The summed E-state index contributed by atoms with van der Waals surface area (Å²) in [7, 11) is 0. The van der Waals surface area contributed by atoms with Crippen molar-refractivity contribution in [1.82, 2.24) is 19.7 Å². The first kappa shape index (κ1) is 23.3. The highest BCUT2D eigenvalue weighted by Gasteiger charge is 2.18. The quantitative estimate of drug-likeness (QED) is 0.241. The van der Waals surface area contributed by atoms with Gasteiger partial charge in [-0.25, -0.2) is 18.7 Å². The number of fused-ring (bicyclic) bond motifs is 1. The average Bonchev–Trinajstić information content (AvgIpc) is 3.57. The lowest BCUT2D eigenvalue weighted by atomic mass is 9.90. The van der Waals surface area contributed by atoms with Crippen LogP contribution in [0.1, 0.15) is 37.9 Å². The second-order valence-electron chi connectivity index (χ2n) is 9.55. The van der Waals surface area contributed by atoms with Crippen molar-refractivity contribution < 1.29 is 18.0 Å². The van der Waals surface area contributed by atoms with Gasteiger partial charge in [-0.1, -0.05) is 30.5 Å². The summed E-state index contributed by atoms with van der Waals surface area (Å²) in [5, 5.41) is 4.22. The van der Waals surface area contributed by atoms with Crippen molar-refractivity contribution in [1.29, 1.82) is 0 Å². The third-order valence-corrected chi connectivity index (χ3v) is 6.88. The number of halogens is 2. The van der Waals surface area contributed by atoms with Gasteiger partial charge in [0.2, 0.25) is 0 Å². The van der Waals surface area contributed by atoms with Gasteiger partial charge in [0, 0.05) is 24.0 Å². The number of hydrogen-bond acceptors (Lipinski definition) is 5. The van der Waals surface area contributed by atoms with E-state index in [0.717, 1.165) is 29.7 Å². The normalized spacial score (nSPS) is 14.3. The van der Waals surface area contributed by atoms with Gasteiger partial charge in [-0.15, -0.1) is 0 Å². The van der Waals surface area contributed by atoms with Crippen LogP contribution in [0.25, 0.3) is 34.0 Å². The van der Waals surface area contributed by atoms with Crippen molar-refractivity contribution >= 4 is 0 Å². The Labute approximate surface area is 213 Å².